The summed E-state index contributed by atoms with van der Waals surface area (Å²) in [6, 6.07) is 13.8. The molecule has 0 N–H and O–H groups in total. The highest BCUT2D eigenvalue weighted by Gasteiger charge is 2.15. The van der Waals surface area contributed by atoms with Gasteiger partial charge in [0.25, 0.3) is 0 Å². The van der Waals surface area contributed by atoms with Crippen LogP contribution in [0.2, 0.25) is 10.0 Å². The maximum Gasteiger partial charge on any atom is 0.0452 e. The molecule has 20 heavy (non-hydrogen) atoms. The minimum atomic E-state index is 0.299. The first-order valence-corrected chi connectivity index (χ1v) is 8.42. The average molecular weight is 393 g/mol. The second kappa shape index (κ2) is 7.70. The van der Waals surface area contributed by atoms with Gasteiger partial charge in [0, 0.05) is 20.4 Å². The van der Waals surface area contributed by atoms with E-state index in [0.29, 0.717) is 21.8 Å². The smallest absolute Gasteiger partial charge is 0.0452 e. The first kappa shape index (κ1) is 16.2. The zero-order valence-corrected chi connectivity index (χ0v) is 14.6. The molecule has 0 nitrogen and oxygen atoms in total. The monoisotopic (exact) mass is 390 g/mol. The molecule has 0 heterocycles. The second-order valence-electron chi connectivity index (χ2n) is 4.72. The molecule has 0 spiro atoms. The average Bonchev–Trinajstić information content (AvgIpc) is 2.44. The van der Waals surface area contributed by atoms with E-state index in [9.17, 15) is 0 Å². The fourth-order valence-electron chi connectivity index (χ4n) is 2.17. The fourth-order valence-corrected chi connectivity index (χ4v) is 3.39. The Morgan fingerprint density at radius 1 is 0.900 bits per heavy atom. The van der Waals surface area contributed by atoms with Gasteiger partial charge >= 0.3 is 0 Å². The molecule has 0 bridgehead atoms. The van der Waals surface area contributed by atoms with Crippen molar-refractivity contribution in [3.05, 3.63) is 68.1 Å². The third-order valence-corrected chi connectivity index (χ3v) is 5.16. The van der Waals surface area contributed by atoms with E-state index in [-0.39, 0.29) is 0 Å². The SMILES string of the molecule is ClCC(Cc1ccccc1Br)Cc1c(Cl)cccc1Cl. The highest BCUT2D eigenvalue weighted by Crippen LogP contribution is 2.29. The van der Waals surface area contributed by atoms with Crippen LogP contribution in [0.1, 0.15) is 11.1 Å². The molecule has 0 amide bonds. The number of hydrogen-bond donors (Lipinski definition) is 0. The topological polar surface area (TPSA) is 0 Å². The van der Waals surface area contributed by atoms with Gasteiger partial charge in [0.1, 0.15) is 0 Å². The van der Waals surface area contributed by atoms with Crippen LogP contribution in [0.25, 0.3) is 0 Å². The van der Waals surface area contributed by atoms with Crippen LogP contribution in [0.3, 0.4) is 0 Å². The molecule has 0 fully saturated rings. The molecule has 1 unspecified atom stereocenters. The quantitative estimate of drug-likeness (QED) is 0.517. The molecule has 2 aromatic rings. The first-order valence-electron chi connectivity index (χ1n) is 6.34. The number of hydrogen-bond acceptors (Lipinski definition) is 0. The van der Waals surface area contributed by atoms with Gasteiger partial charge < -0.3 is 0 Å². The number of benzene rings is 2. The van der Waals surface area contributed by atoms with Crippen molar-refractivity contribution in [2.24, 2.45) is 5.92 Å². The summed E-state index contributed by atoms with van der Waals surface area (Å²) in [6.45, 7) is 0. The van der Waals surface area contributed by atoms with Crippen molar-refractivity contribution >= 4 is 50.7 Å². The highest BCUT2D eigenvalue weighted by molar-refractivity contribution is 9.10. The van der Waals surface area contributed by atoms with E-state index in [4.69, 9.17) is 34.8 Å². The van der Waals surface area contributed by atoms with E-state index in [1.54, 1.807) is 0 Å². The molecule has 0 aromatic heterocycles. The van der Waals surface area contributed by atoms with Crippen LogP contribution < -0.4 is 0 Å². The van der Waals surface area contributed by atoms with E-state index in [1.807, 2.05) is 36.4 Å². The van der Waals surface area contributed by atoms with Crippen LogP contribution >= 0.6 is 50.7 Å². The molecule has 0 saturated carbocycles. The standard InChI is InChI=1S/C16H14BrCl3/c17-14-5-2-1-4-12(14)8-11(10-18)9-13-15(19)6-3-7-16(13)20/h1-7,11H,8-10H2. The lowest BCUT2D eigenvalue weighted by molar-refractivity contribution is 0.583. The third-order valence-electron chi connectivity index (χ3n) is 3.24. The molecule has 0 saturated heterocycles. The molecule has 0 radical (unpaired) electrons. The van der Waals surface area contributed by atoms with Gasteiger partial charge in [-0.25, -0.2) is 0 Å². The molecule has 0 aliphatic carbocycles. The van der Waals surface area contributed by atoms with Gasteiger partial charge in [0.05, 0.1) is 0 Å². The zero-order chi connectivity index (χ0) is 14.5. The first-order chi connectivity index (χ1) is 9.61. The lowest BCUT2D eigenvalue weighted by atomic mass is 9.94. The molecule has 106 valence electrons. The molecule has 1 atom stereocenters. The van der Waals surface area contributed by atoms with Gasteiger partial charge in [0.2, 0.25) is 0 Å². The van der Waals surface area contributed by atoms with Crippen molar-refractivity contribution in [2.75, 3.05) is 5.88 Å². The van der Waals surface area contributed by atoms with Crippen molar-refractivity contribution in [2.45, 2.75) is 12.8 Å². The maximum atomic E-state index is 6.23. The Kier molecular flexibility index (Phi) is 6.22. The molecule has 2 aromatic carbocycles. The molecule has 0 aliphatic rings. The summed E-state index contributed by atoms with van der Waals surface area (Å²) >= 11 is 22.2. The Labute approximate surface area is 143 Å². The van der Waals surface area contributed by atoms with Gasteiger partial charge in [-0.2, -0.15) is 0 Å². The maximum absolute atomic E-state index is 6.23. The van der Waals surface area contributed by atoms with E-state index >= 15 is 0 Å². The minimum absolute atomic E-state index is 0.299. The Morgan fingerprint density at radius 2 is 1.55 bits per heavy atom. The molecule has 2 rings (SSSR count). The van der Waals surface area contributed by atoms with Gasteiger partial charge in [-0.1, -0.05) is 63.4 Å². The van der Waals surface area contributed by atoms with Crippen LogP contribution in [0.4, 0.5) is 0 Å². The van der Waals surface area contributed by atoms with Crippen LogP contribution in [0.5, 0.6) is 0 Å². The van der Waals surface area contributed by atoms with Crippen molar-refractivity contribution < 1.29 is 0 Å². The summed E-state index contributed by atoms with van der Waals surface area (Å²) in [7, 11) is 0. The predicted octanol–water partition coefficient (Wildman–Crippen LogP) is 6.40. The molecular formula is C16H14BrCl3. The van der Waals surface area contributed by atoms with Gasteiger partial charge in [-0.15, -0.1) is 11.6 Å². The van der Waals surface area contributed by atoms with Crippen molar-refractivity contribution in [3.8, 4) is 0 Å². The van der Waals surface area contributed by atoms with Crippen molar-refractivity contribution in [1.82, 2.24) is 0 Å². The zero-order valence-electron chi connectivity index (χ0n) is 10.8. The van der Waals surface area contributed by atoms with E-state index < -0.39 is 0 Å². The fraction of sp³-hybridized carbons (Fsp3) is 0.250. The predicted molar refractivity (Wildman–Crippen MR) is 92.2 cm³/mol. The Bertz CT molecular complexity index is 563. The second-order valence-corrected chi connectivity index (χ2v) is 6.70. The Morgan fingerprint density at radius 3 is 2.15 bits per heavy atom. The van der Waals surface area contributed by atoms with E-state index in [2.05, 4.69) is 22.0 Å². The van der Waals surface area contributed by atoms with Crippen molar-refractivity contribution in [3.63, 3.8) is 0 Å². The van der Waals surface area contributed by atoms with Crippen LogP contribution in [0.15, 0.2) is 46.9 Å². The lowest BCUT2D eigenvalue weighted by Crippen LogP contribution is -2.11. The van der Waals surface area contributed by atoms with E-state index in [0.717, 1.165) is 22.9 Å². The summed E-state index contributed by atoms with van der Waals surface area (Å²) in [5, 5.41) is 1.42. The van der Waals surface area contributed by atoms with Gasteiger partial charge in [0.15, 0.2) is 0 Å². The minimum Gasteiger partial charge on any atom is -0.126 e. The highest BCUT2D eigenvalue weighted by atomic mass is 79.9. The summed E-state index contributed by atoms with van der Waals surface area (Å²) in [5.74, 6) is 0.871. The lowest BCUT2D eigenvalue weighted by Gasteiger charge is -2.17. The summed E-state index contributed by atoms with van der Waals surface area (Å²) in [6.07, 6.45) is 1.68. The molecular weight excluding hydrogens is 378 g/mol. The molecule has 0 aliphatic heterocycles. The third kappa shape index (κ3) is 4.14. The number of halogens is 4. The normalized spacial score (nSPS) is 12.4. The van der Waals surface area contributed by atoms with Crippen LogP contribution in [-0.2, 0) is 12.8 Å². The Balaban J connectivity index is 2.16. The number of rotatable bonds is 5. The van der Waals surface area contributed by atoms with Crippen molar-refractivity contribution in [1.29, 1.82) is 0 Å². The van der Waals surface area contributed by atoms with Gasteiger partial charge in [-0.3, -0.25) is 0 Å². The van der Waals surface area contributed by atoms with Gasteiger partial charge in [-0.05, 0) is 48.1 Å². The van der Waals surface area contributed by atoms with Crippen LogP contribution in [0, 0.1) is 5.92 Å². The largest absolute Gasteiger partial charge is 0.126 e. The summed E-state index contributed by atoms with van der Waals surface area (Å²) < 4.78 is 1.11. The Hall–Kier alpha value is -0.210. The summed E-state index contributed by atoms with van der Waals surface area (Å²) in [5.41, 5.74) is 2.23. The van der Waals surface area contributed by atoms with E-state index in [1.165, 1.54) is 5.56 Å². The van der Waals surface area contributed by atoms with Crippen LogP contribution in [-0.4, -0.2) is 5.88 Å². The molecule has 4 heteroatoms. The number of alkyl halides is 1. The summed E-state index contributed by atoms with van der Waals surface area (Å²) in [4.78, 5) is 0.